The molecule has 3 aromatic carbocycles. The summed E-state index contributed by atoms with van der Waals surface area (Å²) >= 11 is 0. The highest BCUT2D eigenvalue weighted by Gasteiger charge is 2.31. The Balaban J connectivity index is 2.09. The van der Waals surface area contributed by atoms with Gasteiger partial charge in [-0.1, -0.05) is 67.6 Å². The summed E-state index contributed by atoms with van der Waals surface area (Å²) in [5.74, 6) is 0.0675. The van der Waals surface area contributed by atoms with Gasteiger partial charge in [-0.2, -0.15) is 0 Å². The van der Waals surface area contributed by atoms with Crippen molar-refractivity contribution in [3.63, 3.8) is 0 Å². The monoisotopic (exact) mass is 367 g/mol. The molecule has 136 valence electrons. The summed E-state index contributed by atoms with van der Waals surface area (Å²) in [5, 5.41) is 13.4. The van der Waals surface area contributed by atoms with Crippen LogP contribution in [-0.4, -0.2) is 21.6 Å². The smallest absolute Gasteiger partial charge is 0.100 e. The molecule has 0 aromatic heterocycles. The Bertz CT molecular complexity index is 998. The first kappa shape index (κ1) is 18.6. The van der Waals surface area contributed by atoms with Crippen LogP contribution >= 0.6 is 0 Å². The van der Waals surface area contributed by atoms with Gasteiger partial charge in [0.2, 0.25) is 0 Å². The fraction of sp³-hybridized carbons (Fsp3) is 0.273. The fourth-order valence-corrected chi connectivity index (χ4v) is 5.61. The molecule has 0 aliphatic rings. The van der Waals surface area contributed by atoms with Crippen LogP contribution in [0.2, 0.25) is 0 Å². The first-order valence-corrected chi connectivity index (χ1v) is 10.6. The molecule has 1 N–H and O–H groups in total. The van der Waals surface area contributed by atoms with E-state index in [1.54, 1.807) is 6.92 Å². The van der Waals surface area contributed by atoms with Crippen LogP contribution in [0.3, 0.4) is 0 Å². The van der Waals surface area contributed by atoms with E-state index in [0.717, 1.165) is 22.8 Å². The average Bonchev–Trinajstić information content (AvgIpc) is 2.66. The van der Waals surface area contributed by atoms with Gasteiger partial charge in [-0.15, -0.1) is 0 Å². The van der Waals surface area contributed by atoms with Gasteiger partial charge in [0.05, 0.1) is 15.5 Å². The molecule has 0 spiro atoms. The number of rotatable bonds is 6. The molecule has 3 aromatic rings. The van der Waals surface area contributed by atoms with Crippen LogP contribution in [0.5, 0.6) is 0 Å². The Morgan fingerprint density at radius 2 is 1.62 bits per heavy atom. The van der Waals surface area contributed by atoms with Gasteiger partial charge in [0.1, 0.15) is 5.60 Å². The largest absolute Gasteiger partial charge is 0.384 e. The molecule has 4 heteroatoms. The van der Waals surface area contributed by atoms with Crippen molar-refractivity contribution in [3.8, 4) is 0 Å². The Morgan fingerprint density at radius 3 is 2.35 bits per heavy atom. The lowest BCUT2D eigenvalue weighted by Crippen LogP contribution is -2.31. The van der Waals surface area contributed by atoms with Crippen molar-refractivity contribution in [2.24, 2.45) is 4.36 Å². The number of benzene rings is 3. The Kier molecular flexibility index (Phi) is 5.44. The van der Waals surface area contributed by atoms with E-state index >= 15 is 0 Å². The molecule has 0 heterocycles. The maximum Gasteiger partial charge on any atom is 0.100 e. The lowest BCUT2D eigenvalue weighted by atomic mass is 9.92. The van der Waals surface area contributed by atoms with E-state index in [-0.39, 0.29) is 5.75 Å². The summed E-state index contributed by atoms with van der Waals surface area (Å²) in [4.78, 5) is 0.675. The number of hydrogen-bond donors (Lipinski definition) is 1. The zero-order valence-corrected chi connectivity index (χ0v) is 16.1. The predicted molar refractivity (Wildman–Crippen MR) is 109 cm³/mol. The van der Waals surface area contributed by atoms with Crippen molar-refractivity contribution in [3.05, 3.63) is 78.4 Å². The van der Waals surface area contributed by atoms with Crippen LogP contribution in [0.25, 0.3) is 10.8 Å². The van der Waals surface area contributed by atoms with Crippen molar-refractivity contribution >= 4 is 20.5 Å². The predicted octanol–water partition coefficient (Wildman–Crippen LogP) is 4.98. The van der Waals surface area contributed by atoms with Crippen LogP contribution in [0, 0.1) is 0 Å². The van der Waals surface area contributed by atoms with Gasteiger partial charge < -0.3 is 5.11 Å². The normalized spacial score (nSPS) is 16.0. The molecule has 0 saturated heterocycles. The molecular weight excluding hydrogens is 342 g/mol. The average molecular weight is 368 g/mol. The molecule has 0 fully saturated rings. The van der Waals surface area contributed by atoms with E-state index in [4.69, 9.17) is 0 Å². The van der Waals surface area contributed by atoms with Gasteiger partial charge in [-0.25, -0.2) is 8.57 Å². The molecular formula is C22H25NO2S. The standard InChI is InChI=1S/C22H25NO2S/c1-3-16-23-26(25,19-12-5-4-6-13-19)17-22(2,24)21-15-9-11-18-10-7-8-14-20(18)21/h4-15,24H,3,16-17H2,1-2H3/t22?,26-/m0/s1. The number of aliphatic hydroxyl groups is 1. The molecule has 1 unspecified atom stereocenters. The molecule has 0 amide bonds. The number of hydrogen-bond acceptors (Lipinski definition) is 3. The topological polar surface area (TPSA) is 49.7 Å². The van der Waals surface area contributed by atoms with Crippen molar-refractivity contribution < 1.29 is 9.32 Å². The minimum atomic E-state index is -2.73. The third kappa shape index (κ3) is 3.81. The zero-order chi connectivity index (χ0) is 18.6. The maximum absolute atomic E-state index is 13.7. The van der Waals surface area contributed by atoms with Crippen molar-refractivity contribution in [1.29, 1.82) is 0 Å². The molecule has 0 bridgehead atoms. The van der Waals surface area contributed by atoms with E-state index < -0.39 is 15.3 Å². The minimum Gasteiger partial charge on any atom is -0.384 e. The highest BCUT2D eigenvalue weighted by Crippen LogP contribution is 2.32. The number of nitrogens with zero attached hydrogens (tertiary/aromatic N) is 1. The van der Waals surface area contributed by atoms with Gasteiger partial charge in [-0.3, -0.25) is 0 Å². The third-order valence-corrected chi connectivity index (χ3v) is 7.04. The van der Waals surface area contributed by atoms with Crippen molar-refractivity contribution in [2.75, 3.05) is 12.3 Å². The van der Waals surface area contributed by atoms with Gasteiger partial charge in [-0.05, 0) is 41.8 Å². The second-order valence-corrected chi connectivity index (χ2v) is 9.05. The quantitative estimate of drug-likeness (QED) is 0.668. The molecule has 26 heavy (non-hydrogen) atoms. The molecule has 3 rings (SSSR count). The molecule has 0 radical (unpaired) electrons. The van der Waals surface area contributed by atoms with Gasteiger partial charge in [0.25, 0.3) is 0 Å². The van der Waals surface area contributed by atoms with Crippen LogP contribution in [0.15, 0.2) is 82.1 Å². The zero-order valence-electron chi connectivity index (χ0n) is 15.3. The van der Waals surface area contributed by atoms with E-state index in [2.05, 4.69) is 4.36 Å². The molecule has 0 saturated carbocycles. The molecule has 0 aliphatic carbocycles. The lowest BCUT2D eigenvalue weighted by Gasteiger charge is -2.27. The van der Waals surface area contributed by atoms with Crippen LogP contribution < -0.4 is 0 Å². The summed E-state index contributed by atoms with van der Waals surface area (Å²) in [7, 11) is -2.73. The van der Waals surface area contributed by atoms with Gasteiger partial charge in [0, 0.05) is 11.4 Å². The molecule has 2 atom stereocenters. The first-order valence-electron chi connectivity index (χ1n) is 8.92. The lowest BCUT2D eigenvalue weighted by molar-refractivity contribution is 0.0842. The third-order valence-electron chi connectivity index (χ3n) is 4.48. The SMILES string of the molecule is CCCN=[S@](=O)(CC(C)(O)c1cccc2ccccc12)c1ccccc1. The summed E-state index contributed by atoms with van der Waals surface area (Å²) in [6.45, 7) is 4.26. The van der Waals surface area contributed by atoms with E-state index in [1.807, 2.05) is 79.7 Å². The van der Waals surface area contributed by atoms with E-state index in [1.165, 1.54) is 0 Å². The molecule has 3 nitrogen and oxygen atoms in total. The van der Waals surface area contributed by atoms with Crippen LogP contribution in [0.1, 0.15) is 25.8 Å². The summed E-state index contributed by atoms with van der Waals surface area (Å²) in [6.07, 6.45) is 0.820. The fourth-order valence-electron chi connectivity index (χ4n) is 3.23. The highest BCUT2D eigenvalue weighted by molar-refractivity contribution is 7.93. The second kappa shape index (κ2) is 7.60. The van der Waals surface area contributed by atoms with Crippen molar-refractivity contribution in [1.82, 2.24) is 0 Å². The molecule has 0 aliphatic heterocycles. The summed E-state index contributed by atoms with van der Waals surface area (Å²) in [5.41, 5.74) is -0.476. The Labute approximate surface area is 155 Å². The highest BCUT2D eigenvalue weighted by atomic mass is 32.2. The summed E-state index contributed by atoms with van der Waals surface area (Å²) in [6, 6.07) is 23.1. The van der Waals surface area contributed by atoms with E-state index in [9.17, 15) is 9.32 Å². The van der Waals surface area contributed by atoms with Crippen LogP contribution in [0.4, 0.5) is 0 Å². The van der Waals surface area contributed by atoms with Crippen LogP contribution in [-0.2, 0) is 15.3 Å². The second-order valence-electron chi connectivity index (χ2n) is 6.75. The number of fused-ring (bicyclic) bond motifs is 1. The maximum atomic E-state index is 13.7. The Morgan fingerprint density at radius 1 is 0.962 bits per heavy atom. The van der Waals surface area contributed by atoms with Gasteiger partial charge in [0.15, 0.2) is 0 Å². The Hall–Kier alpha value is -2.17. The summed E-state index contributed by atoms with van der Waals surface area (Å²) < 4.78 is 18.2. The van der Waals surface area contributed by atoms with Crippen molar-refractivity contribution in [2.45, 2.75) is 30.8 Å². The van der Waals surface area contributed by atoms with E-state index in [0.29, 0.717) is 11.4 Å². The van der Waals surface area contributed by atoms with Gasteiger partial charge >= 0.3 is 0 Å². The minimum absolute atomic E-state index is 0.0675. The first-order chi connectivity index (χ1) is 12.5.